The lowest BCUT2D eigenvalue weighted by Gasteiger charge is -2.21. The van der Waals surface area contributed by atoms with Gasteiger partial charge >= 0.3 is 5.97 Å². The zero-order chi connectivity index (χ0) is 12.1. The Kier molecular flexibility index (Phi) is 4.22. The number of carboxylic acids is 1. The normalized spacial score (nSPS) is 10.2. The van der Waals surface area contributed by atoms with Crippen LogP contribution in [0, 0.1) is 13.8 Å². The fourth-order valence-electron chi connectivity index (χ4n) is 1.52. The van der Waals surface area contributed by atoms with Gasteiger partial charge in [-0.1, -0.05) is 0 Å². The predicted octanol–water partition coefficient (Wildman–Crippen LogP) is 1.39. The van der Waals surface area contributed by atoms with Crippen LogP contribution in [0.2, 0.25) is 0 Å². The fourth-order valence-corrected chi connectivity index (χ4v) is 1.52. The van der Waals surface area contributed by atoms with Gasteiger partial charge in [-0.15, -0.1) is 0 Å². The van der Waals surface area contributed by atoms with Crippen molar-refractivity contribution in [3.05, 3.63) is 17.6 Å². The van der Waals surface area contributed by atoms with E-state index in [1.54, 1.807) is 0 Å². The maximum Gasteiger partial charge on any atom is 0.305 e. The summed E-state index contributed by atoms with van der Waals surface area (Å²) in [7, 11) is 0. The van der Waals surface area contributed by atoms with E-state index in [9.17, 15) is 4.79 Å². The molecule has 0 aliphatic carbocycles. The van der Waals surface area contributed by atoms with Gasteiger partial charge in [-0.3, -0.25) is 4.79 Å². The summed E-state index contributed by atoms with van der Waals surface area (Å²) in [5, 5.41) is 8.65. The molecule has 1 rings (SSSR count). The maximum absolute atomic E-state index is 10.5. The van der Waals surface area contributed by atoms with Crippen LogP contribution in [0.15, 0.2) is 6.07 Å². The van der Waals surface area contributed by atoms with Crippen molar-refractivity contribution in [2.24, 2.45) is 0 Å². The summed E-state index contributed by atoms with van der Waals surface area (Å²) in [4.78, 5) is 21.0. The fraction of sp³-hybridized carbons (Fsp3) is 0.545. The van der Waals surface area contributed by atoms with Crippen molar-refractivity contribution in [2.45, 2.75) is 27.2 Å². The first-order chi connectivity index (χ1) is 7.52. The predicted molar refractivity (Wildman–Crippen MR) is 61.6 cm³/mol. The van der Waals surface area contributed by atoms with Crippen molar-refractivity contribution in [3.8, 4) is 0 Å². The second-order valence-corrected chi connectivity index (χ2v) is 3.64. The first-order valence-electron chi connectivity index (χ1n) is 5.32. The van der Waals surface area contributed by atoms with E-state index >= 15 is 0 Å². The topological polar surface area (TPSA) is 66.3 Å². The summed E-state index contributed by atoms with van der Waals surface area (Å²) in [6.07, 6.45) is 0.121. The molecule has 1 N–H and O–H groups in total. The molecule has 5 nitrogen and oxygen atoms in total. The van der Waals surface area contributed by atoms with Gasteiger partial charge in [0.25, 0.3) is 0 Å². The lowest BCUT2D eigenvalue weighted by atomic mass is 10.3. The summed E-state index contributed by atoms with van der Waals surface area (Å²) in [5.41, 5.74) is 0.899. The Morgan fingerprint density at radius 3 is 2.62 bits per heavy atom. The highest BCUT2D eigenvalue weighted by molar-refractivity contribution is 5.67. The number of aryl methyl sites for hydroxylation is 2. The van der Waals surface area contributed by atoms with E-state index in [4.69, 9.17) is 5.11 Å². The Morgan fingerprint density at radius 1 is 1.44 bits per heavy atom. The van der Waals surface area contributed by atoms with E-state index in [-0.39, 0.29) is 6.42 Å². The molecule has 0 amide bonds. The molecule has 0 unspecified atom stereocenters. The molecule has 0 bridgehead atoms. The Labute approximate surface area is 95.1 Å². The SMILES string of the molecule is CCN(CCC(=O)O)c1cc(C)nc(C)n1. The molecule has 5 heteroatoms. The van der Waals surface area contributed by atoms with Crippen LogP contribution in [0.5, 0.6) is 0 Å². The monoisotopic (exact) mass is 223 g/mol. The average molecular weight is 223 g/mol. The number of anilines is 1. The van der Waals surface area contributed by atoms with Crippen molar-refractivity contribution < 1.29 is 9.90 Å². The third-order valence-electron chi connectivity index (χ3n) is 2.25. The van der Waals surface area contributed by atoms with E-state index in [1.807, 2.05) is 31.7 Å². The number of carboxylic acid groups (broad SMARTS) is 1. The number of rotatable bonds is 5. The van der Waals surface area contributed by atoms with Crippen LogP contribution in [0.3, 0.4) is 0 Å². The quantitative estimate of drug-likeness (QED) is 0.817. The van der Waals surface area contributed by atoms with Gasteiger partial charge in [0.15, 0.2) is 0 Å². The number of hydrogen-bond donors (Lipinski definition) is 1. The van der Waals surface area contributed by atoms with Crippen LogP contribution < -0.4 is 4.90 Å². The molecule has 1 heterocycles. The van der Waals surface area contributed by atoms with Crippen LogP contribution in [-0.2, 0) is 4.79 Å². The van der Waals surface area contributed by atoms with E-state index < -0.39 is 5.97 Å². The summed E-state index contributed by atoms with van der Waals surface area (Å²) in [6, 6.07) is 1.87. The van der Waals surface area contributed by atoms with Gasteiger partial charge in [-0.25, -0.2) is 9.97 Å². The lowest BCUT2D eigenvalue weighted by molar-refractivity contribution is -0.136. The van der Waals surface area contributed by atoms with Gasteiger partial charge in [-0.2, -0.15) is 0 Å². The number of hydrogen-bond acceptors (Lipinski definition) is 4. The molecule has 0 radical (unpaired) electrons. The molecular formula is C11H17N3O2. The van der Waals surface area contributed by atoms with Gasteiger partial charge in [0.1, 0.15) is 11.6 Å². The largest absolute Gasteiger partial charge is 0.481 e. The van der Waals surface area contributed by atoms with Crippen LogP contribution in [0.4, 0.5) is 5.82 Å². The summed E-state index contributed by atoms with van der Waals surface area (Å²) in [5.74, 6) is 0.721. The Bertz CT molecular complexity index is 359. The molecular weight excluding hydrogens is 206 g/mol. The average Bonchev–Trinajstić information content (AvgIpc) is 2.16. The smallest absolute Gasteiger partial charge is 0.305 e. The van der Waals surface area contributed by atoms with E-state index in [2.05, 4.69) is 9.97 Å². The van der Waals surface area contributed by atoms with Crippen molar-refractivity contribution >= 4 is 11.8 Å². The maximum atomic E-state index is 10.5. The Balaban J connectivity index is 2.81. The minimum Gasteiger partial charge on any atom is -0.481 e. The van der Waals surface area contributed by atoms with Gasteiger partial charge in [0.2, 0.25) is 0 Å². The molecule has 0 saturated carbocycles. The minimum atomic E-state index is -0.791. The van der Waals surface area contributed by atoms with Gasteiger partial charge in [0.05, 0.1) is 6.42 Å². The van der Waals surface area contributed by atoms with Crippen molar-refractivity contribution in [1.82, 2.24) is 9.97 Å². The highest BCUT2D eigenvalue weighted by Gasteiger charge is 2.09. The zero-order valence-corrected chi connectivity index (χ0v) is 9.90. The molecule has 1 aromatic rings. The molecule has 0 aliphatic heterocycles. The van der Waals surface area contributed by atoms with E-state index in [1.165, 1.54) is 0 Å². The van der Waals surface area contributed by atoms with Gasteiger partial charge < -0.3 is 10.0 Å². The third-order valence-corrected chi connectivity index (χ3v) is 2.25. The zero-order valence-electron chi connectivity index (χ0n) is 9.90. The highest BCUT2D eigenvalue weighted by atomic mass is 16.4. The first-order valence-corrected chi connectivity index (χ1v) is 5.32. The Morgan fingerprint density at radius 2 is 2.12 bits per heavy atom. The van der Waals surface area contributed by atoms with Gasteiger partial charge in [-0.05, 0) is 20.8 Å². The first kappa shape index (κ1) is 12.4. The van der Waals surface area contributed by atoms with Gasteiger partial charge in [0, 0.05) is 24.8 Å². The van der Waals surface area contributed by atoms with Crippen molar-refractivity contribution in [2.75, 3.05) is 18.0 Å². The molecule has 0 fully saturated rings. The molecule has 16 heavy (non-hydrogen) atoms. The van der Waals surface area contributed by atoms with Crippen molar-refractivity contribution in [1.29, 1.82) is 0 Å². The highest BCUT2D eigenvalue weighted by Crippen LogP contribution is 2.12. The number of aliphatic carboxylic acids is 1. The van der Waals surface area contributed by atoms with Crippen molar-refractivity contribution in [3.63, 3.8) is 0 Å². The van der Waals surface area contributed by atoms with Crippen LogP contribution in [0.25, 0.3) is 0 Å². The number of nitrogens with zero attached hydrogens (tertiary/aromatic N) is 3. The summed E-state index contributed by atoms with van der Waals surface area (Å²) < 4.78 is 0. The Hall–Kier alpha value is -1.65. The second-order valence-electron chi connectivity index (χ2n) is 3.64. The minimum absolute atomic E-state index is 0.121. The molecule has 0 aromatic carbocycles. The molecule has 0 saturated heterocycles. The van der Waals surface area contributed by atoms with Crippen LogP contribution in [-0.4, -0.2) is 34.1 Å². The molecule has 0 atom stereocenters. The standard InChI is InChI=1S/C11H17N3O2/c1-4-14(6-5-11(15)16)10-7-8(2)12-9(3)13-10/h7H,4-6H2,1-3H3,(H,15,16). The van der Waals surface area contributed by atoms with Crippen LogP contribution >= 0.6 is 0 Å². The summed E-state index contributed by atoms with van der Waals surface area (Å²) in [6.45, 7) is 6.93. The molecule has 0 aliphatic rings. The third kappa shape index (κ3) is 3.49. The molecule has 1 aromatic heterocycles. The summed E-state index contributed by atoms with van der Waals surface area (Å²) >= 11 is 0. The number of aromatic nitrogens is 2. The van der Waals surface area contributed by atoms with Crippen LogP contribution in [0.1, 0.15) is 24.9 Å². The lowest BCUT2D eigenvalue weighted by Crippen LogP contribution is -2.27. The van der Waals surface area contributed by atoms with E-state index in [0.717, 1.165) is 18.1 Å². The number of carbonyl (C=O) groups is 1. The van der Waals surface area contributed by atoms with E-state index in [0.29, 0.717) is 12.4 Å². The second kappa shape index (κ2) is 5.44. The molecule has 0 spiro atoms. The molecule has 88 valence electrons.